The Morgan fingerprint density at radius 1 is 1.27 bits per heavy atom. The summed E-state index contributed by atoms with van der Waals surface area (Å²) in [6.45, 7) is 1.67. The number of nitrogens with one attached hydrogen (secondary N) is 1. The average molecular weight is 371 g/mol. The highest BCUT2D eigenvalue weighted by molar-refractivity contribution is 7.21. The number of benzene rings is 1. The predicted octanol–water partition coefficient (Wildman–Crippen LogP) is 2.93. The molecule has 0 radical (unpaired) electrons. The molecule has 0 aliphatic carbocycles. The van der Waals surface area contributed by atoms with E-state index in [1.54, 1.807) is 11.3 Å². The van der Waals surface area contributed by atoms with Crippen molar-refractivity contribution in [3.05, 3.63) is 42.2 Å². The lowest BCUT2D eigenvalue weighted by Gasteiger charge is -2.26. The summed E-state index contributed by atoms with van der Waals surface area (Å²) in [6.07, 6.45) is 1.66. The number of rotatable bonds is 5. The maximum atomic E-state index is 12.3. The van der Waals surface area contributed by atoms with E-state index in [1.165, 1.54) is 0 Å². The summed E-state index contributed by atoms with van der Waals surface area (Å²) in [5, 5.41) is 3.71. The SMILES string of the molecule is NC(C(=O)NCc1ccc(-c2nc3ccccc3s2)o1)C1CCOCC1. The van der Waals surface area contributed by atoms with Crippen molar-refractivity contribution in [2.24, 2.45) is 11.7 Å². The number of carbonyl (C=O) groups excluding carboxylic acids is 1. The molecule has 3 heterocycles. The minimum atomic E-state index is -0.502. The first-order chi connectivity index (χ1) is 12.7. The molecule has 4 rings (SSSR count). The molecule has 1 aliphatic heterocycles. The van der Waals surface area contributed by atoms with Crippen LogP contribution in [0, 0.1) is 5.92 Å². The van der Waals surface area contributed by atoms with Gasteiger partial charge in [0.2, 0.25) is 5.91 Å². The Morgan fingerprint density at radius 3 is 2.88 bits per heavy atom. The normalized spacial score (nSPS) is 16.7. The van der Waals surface area contributed by atoms with Gasteiger partial charge in [0.05, 0.1) is 22.8 Å². The largest absolute Gasteiger partial charge is 0.457 e. The third-order valence-electron chi connectivity index (χ3n) is 4.68. The van der Waals surface area contributed by atoms with E-state index in [-0.39, 0.29) is 11.8 Å². The molecule has 1 aliphatic rings. The highest BCUT2D eigenvalue weighted by atomic mass is 32.1. The highest BCUT2D eigenvalue weighted by Gasteiger charge is 2.26. The molecule has 1 fully saturated rings. The quantitative estimate of drug-likeness (QED) is 0.720. The van der Waals surface area contributed by atoms with Crippen molar-refractivity contribution in [3.8, 4) is 10.8 Å². The van der Waals surface area contributed by atoms with Crippen LogP contribution in [-0.4, -0.2) is 30.1 Å². The van der Waals surface area contributed by atoms with E-state index >= 15 is 0 Å². The summed E-state index contributed by atoms with van der Waals surface area (Å²) in [5.41, 5.74) is 7.05. The smallest absolute Gasteiger partial charge is 0.237 e. The molecule has 1 saturated heterocycles. The molecule has 26 heavy (non-hydrogen) atoms. The molecule has 6 nitrogen and oxygen atoms in total. The molecule has 1 atom stereocenters. The zero-order valence-corrected chi connectivity index (χ0v) is 15.1. The summed E-state index contributed by atoms with van der Waals surface area (Å²) in [7, 11) is 0. The minimum Gasteiger partial charge on any atom is -0.457 e. The maximum Gasteiger partial charge on any atom is 0.237 e. The standard InChI is InChI=1S/C19H21N3O3S/c20-17(12-7-9-24-10-8-12)18(23)21-11-13-5-6-15(25-13)19-22-14-3-1-2-4-16(14)26-19/h1-6,12,17H,7-11,20H2,(H,21,23). The summed E-state index contributed by atoms with van der Waals surface area (Å²) in [6, 6.07) is 11.2. The topological polar surface area (TPSA) is 90.4 Å². The predicted molar refractivity (Wildman–Crippen MR) is 101 cm³/mol. The molecule has 3 aromatic rings. The van der Waals surface area contributed by atoms with Crippen LogP contribution in [0.2, 0.25) is 0 Å². The van der Waals surface area contributed by atoms with Gasteiger partial charge in [0.15, 0.2) is 10.8 Å². The lowest BCUT2D eigenvalue weighted by molar-refractivity contribution is -0.124. The van der Waals surface area contributed by atoms with Crippen LogP contribution in [0.4, 0.5) is 0 Å². The monoisotopic (exact) mass is 371 g/mol. The number of nitrogens with zero attached hydrogens (tertiary/aromatic N) is 1. The van der Waals surface area contributed by atoms with Gasteiger partial charge in [0.25, 0.3) is 0 Å². The first-order valence-electron chi connectivity index (χ1n) is 8.76. The summed E-state index contributed by atoms with van der Waals surface area (Å²) >= 11 is 1.59. The van der Waals surface area contributed by atoms with Crippen molar-refractivity contribution in [2.45, 2.75) is 25.4 Å². The number of nitrogens with two attached hydrogens (primary N) is 1. The van der Waals surface area contributed by atoms with Gasteiger partial charge in [0, 0.05) is 13.2 Å². The third-order valence-corrected chi connectivity index (χ3v) is 5.73. The molecule has 1 amide bonds. The van der Waals surface area contributed by atoms with Crippen molar-refractivity contribution >= 4 is 27.5 Å². The fraction of sp³-hybridized carbons (Fsp3) is 0.368. The van der Waals surface area contributed by atoms with Crippen LogP contribution in [0.1, 0.15) is 18.6 Å². The van der Waals surface area contributed by atoms with Crippen molar-refractivity contribution in [3.63, 3.8) is 0 Å². The molecule has 7 heteroatoms. The zero-order chi connectivity index (χ0) is 17.9. The Morgan fingerprint density at radius 2 is 2.08 bits per heavy atom. The first kappa shape index (κ1) is 17.2. The van der Waals surface area contributed by atoms with Gasteiger partial charge in [-0.15, -0.1) is 11.3 Å². The molecule has 3 N–H and O–H groups in total. The van der Waals surface area contributed by atoms with Gasteiger partial charge >= 0.3 is 0 Å². The molecule has 0 saturated carbocycles. The van der Waals surface area contributed by atoms with E-state index in [1.807, 2.05) is 36.4 Å². The molecule has 1 unspecified atom stereocenters. The van der Waals surface area contributed by atoms with Crippen LogP contribution >= 0.6 is 11.3 Å². The van der Waals surface area contributed by atoms with Gasteiger partial charge in [-0.3, -0.25) is 4.79 Å². The molecule has 0 bridgehead atoms. The lowest BCUT2D eigenvalue weighted by Crippen LogP contribution is -2.46. The number of fused-ring (bicyclic) bond motifs is 1. The second kappa shape index (κ2) is 7.57. The van der Waals surface area contributed by atoms with Crippen LogP contribution in [0.25, 0.3) is 21.0 Å². The van der Waals surface area contributed by atoms with Gasteiger partial charge in [-0.05, 0) is 43.0 Å². The molecular formula is C19H21N3O3S. The average Bonchev–Trinajstić information content (AvgIpc) is 3.32. The molecule has 1 aromatic carbocycles. The molecule has 0 spiro atoms. The molecular weight excluding hydrogens is 350 g/mol. The number of furan rings is 1. The Hall–Kier alpha value is -2.22. The van der Waals surface area contributed by atoms with E-state index in [2.05, 4.69) is 10.3 Å². The Bertz CT molecular complexity index is 865. The van der Waals surface area contributed by atoms with Crippen molar-refractivity contribution in [1.82, 2.24) is 10.3 Å². The summed E-state index contributed by atoms with van der Waals surface area (Å²) < 4.78 is 12.3. The van der Waals surface area contributed by atoms with Crippen molar-refractivity contribution < 1.29 is 13.9 Å². The van der Waals surface area contributed by atoms with Crippen LogP contribution in [0.15, 0.2) is 40.8 Å². The van der Waals surface area contributed by atoms with E-state index in [0.717, 1.165) is 28.1 Å². The number of thiazole rings is 1. The fourth-order valence-electron chi connectivity index (χ4n) is 3.15. The third kappa shape index (κ3) is 3.65. The van der Waals surface area contributed by atoms with Crippen LogP contribution < -0.4 is 11.1 Å². The van der Waals surface area contributed by atoms with E-state index in [9.17, 15) is 4.79 Å². The number of ether oxygens (including phenoxy) is 1. The van der Waals surface area contributed by atoms with Gasteiger partial charge < -0.3 is 20.2 Å². The Balaban J connectivity index is 1.38. The van der Waals surface area contributed by atoms with Crippen molar-refractivity contribution in [1.29, 1.82) is 0 Å². The van der Waals surface area contributed by atoms with Gasteiger partial charge in [-0.2, -0.15) is 0 Å². The minimum absolute atomic E-state index is 0.144. The summed E-state index contributed by atoms with van der Waals surface area (Å²) in [4.78, 5) is 16.9. The van der Waals surface area contributed by atoms with Crippen LogP contribution in [0.3, 0.4) is 0 Å². The number of hydrogen-bond donors (Lipinski definition) is 2. The number of para-hydroxylation sites is 1. The number of carbonyl (C=O) groups is 1. The Kier molecular flexibility index (Phi) is 5.01. The van der Waals surface area contributed by atoms with Gasteiger partial charge in [-0.25, -0.2) is 4.98 Å². The van der Waals surface area contributed by atoms with Crippen LogP contribution in [-0.2, 0) is 16.1 Å². The zero-order valence-electron chi connectivity index (χ0n) is 14.3. The lowest BCUT2D eigenvalue weighted by atomic mass is 9.92. The van der Waals surface area contributed by atoms with Crippen LogP contribution in [0.5, 0.6) is 0 Å². The van der Waals surface area contributed by atoms with Crippen molar-refractivity contribution in [2.75, 3.05) is 13.2 Å². The Labute approximate surface area is 155 Å². The van der Waals surface area contributed by atoms with E-state index in [0.29, 0.717) is 31.3 Å². The van der Waals surface area contributed by atoms with Gasteiger partial charge in [-0.1, -0.05) is 12.1 Å². The highest BCUT2D eigenvalue weighted by Crippen LogP contribution is 2.31. The van der Waals surface area contributed by atoms with E-state index in [4.69, 9.17) is 14.9 Å². The van der Waals surface area contributed by atoms with Gasteiger partial charge in [0.1, 0.15) is 5.76 Å². The fourth-order valence-corrected chi connectivity index (χ4v) is 4.07. The number of hydrogen-bond acceptors (Lipinski definition) is 6. The second-order valence-corrected chi connectivity index (χ2v) is 7.48. The first-order valence-corrected chi connectivity index (χ1v) is 9.58. The second-order valence-electron chi connectivity index (χ2n) is 6.45. The van der Waals surface area contributed by atoms with E-state index < -0.39 is 6.04 Å². The summed E-state index contributed by atoms with van der Waals surface area (Å²) in [5.74, 6) is 1.43. The number of amides is 1. The number of aromatic nitrogens is 1. The molecule has 136 valence electrons. The maximum absolute atomic E-state index is 12.3. The molecule has 2 aromatic heterocycles.